The number of halogens is 1. The van der Waals surface area contributed by atoms with Gasteiger partial charge in [-0.05, 0) is 49.7 Å². The van der Waals surface area contributed by atoms with Gasteiger partial charge < -0.3 is 4.74 Å². The molecule has 0 unspecified atom stereocenters. The van der Waals surface area contributed by atoms with Gasteiger partial charge in [-0.15, -0.1) is 5.10 Å². The van der Waals surface area contributed by atoms with Gasteiger partial charge in [-0.25, -0.2) is 0 Å². The normalized spacial score (nSPS) is 11.3. The fraction of sp³-hybridized carbons (Fsp3) is 0.429. The average molecular weight is 368 g/mol. The Morgan fingerprint density at radius 2 is 2.05 bits per heavy atom. The van der Waals surface area contributed by atoms with E-state index in [4.69, 9.17) is 4.74 Å². The molecule has 2 rings (SSSR count). The van der Waals surface area contributed by atoms with Crippen LogP contribution in [0.2, 0.25) is 0 Å². The minimum absolute atomic E-state index is 0.172. The topological polar surface area (TPSA) is 81.9 Å². The molecule has 0 fully saturated rings. The Kier molecular flexibility index (Phi) is 5.12. The summed E-state index contributed by atoms with van der Waals surface area (Å²) >= 11 is 3.35. The number of carbonyl (C=O) groups is 1. The summed E-state index contributed by atoms with van der Waals surface area (Å²) in [7, 11) is 0. The molecule has 0 radical (unpaired) electrons. The molecule has 0 bridgehead atoms. The van der Waals surface area contributed by atoms with Crippen LogP contribution in [0.25, 0.3) is 0 Å². The summed E-state index contributed by atoms with van der Waals surface area (Å²) in [5.74, 6) is 0.434. The largest absolute Gasteiger partial charge is 0.478 e. The predicted octanol–water partition coefficient (Wildman–Crippen LogP) is 2.64. The maximum atomic E-state index is 12.3. The zero-order chi connectivity index (χ0) is 16.2. The van der Waals surface area contributed by atoms with Crippen molar-refractivity contribution in [3.8, 4) is 5.75 Å². The van der Waals surface area contributed by atoms with Gasteiger partial charge in [0.25, 0.3) is 11.9 Å². The molecule has 0 aliphatic heterocycles. The van der Waals surface area contributed by atoms with Gasteiger partial charge in [-0.3, -0.25) is 10.1 Å². The van der Waals surface area contributed by atoms with Gasteiger partial charge in [-0.1, -0.05) is 28.0 Å². The number of nitrogens with zero attached hydrogens (tertiary/aromatic N) is 4. The van der Waals surface area contributed by atoms with Crippen molar-refractivity contribution in [2.75, 3.05) is 5.32 Å². The number of tetrazole rings is 1. The lowest BCUT2D eigenvalue weighted by Crippen LogP contribution is -2.42. The molecule has 1 aromatic carbocycles. The number of carbonyl (C=O) groups excluding carboxylic acids is 1. The summed E-state index contributed by atoms with van der Waals surface area (Å²) in [5, 5.41) is 14.3. The van der Waals surface area contributed by atoms with Crippen LogP contribution in [0.15, 0.2) is 28.7 Å². The number of aromatic nitrogens is 4. The monoisotopic (exact) mass is 367 g/mol. The smallest absolute Gasteiger partial charge is 0.270 e. The van der Waals surface area contributed by atoms with Gasteiger partial charge in [0.2, 0.25) is 0 Å². The number of aryl methyl sites for hydroxylation is 1. The molecule has 0 aliphatic carbocycles. The minimum atomic E-state index is -1.07. The maximum absolute atomic E-state index is 12.3. The molecular weight excluding hydrogens is 350 g/mol. The van der Waals surface area contributed by atoms with Crippen LogP contribution >= 0.6 is 15.9 Å². The van der Waals surface area contributed by atoms with E-state index in [1.807, 2.05) is 19.1 Å². The SMILES string of the molecule is CCCn1nnc(NC(=O)C(C)(C)Oc2ccc(Br)cc2)n1. The zero-order valence-corrected chi connectivity index (χ0v) is 14.3. The number of ether oxygens (including phenoxy) is 1. The molecule has 0 saturated carbocycles. The van der Waals surface area contributed by atoms with Crippen LogP contribution in [-0.4, -0.2) is 31.7 Å². The second-order valence-corrected chi connectivity index (χ2v) is 6.15. The quantitative estimate of drug-likeness (QED) is 0.848. The number of rotatable bonds is 6. The molecule has 1 aromatic heterocycles. The fourth-order valence-electron chi connectivity index (χ4n) is 1.68. The lowest BCUT2D eigenvalue weighted by Gasteiger charge is -2.24. The number of benzene rings is 1. The van der Waals surface area contributed by atoms with E-state index < -0.39 is 5.60 Å². The molecule has 0 saturated heterocycles. The van der Waals surface area contributed by atoms with E-state index in [0.29, 0.717) is 12.3 Å². The van der Waals surface area contributed by atoms with Crippen LogP contribution in [0.5, 0.6) is 5.75 Å². The Labute approximate surface area is 137 Å². The Morgan fingerprint density at radius 1 is 1.36 bits per heavy atom. The van der Waals surface area contributed by atoms with E-state index in [9.17, 15) is 4.79 Å². The Hall–Kier alpha value is -1.96. The predicted molar refractivity (Wildman–Crippen MR) is 85.6 cm³/mol. The summed E-state index contributed by atoms with van der Waals surface area (Å²) in [4.78, 5) is 13.8. The number of hydrogen-bond donors (Lipinski definition) is 1. The second kappa shape index (κ2) is 6.87. The standard InChI is InChI=1S/C14H18BrN5O2/c1-4-9-20-18-13(17-19-20)16-12(21)14(2,3)22-11-7-5-10(15)6-8-11/h5-8H,4,9H2,1-3H3,(H,16,18,21). The van der Waals surface area contributed by atoms with Gasteiger partial charge >= 0.3 is 0 Å². The minimum Gasteiger partial charge on any atom is -0.478 e. The van der Waals surface area contributed by atoms with E-state index in [2.05, 4.69) is 36.7 Å². The van der Waals surface area contributed by atoms with Crippen molar-refractivity contribution in [1.82, 2.24) is 20.2 Å². The van der Waals surface area contributed by atoms with Gasteiger partial charge in [0.1, 0.15) is 5.75 Å². The summed E-state index contributed by atoms with van der Waals surface area (Å²) < 4.78 is 6.67. The third kappa shape index (κ3) is 4.27. The van der Waals surface area contributed by atoms with Crippen LogP contribution in [0.3, 0.4) is 0 Å². The molecule has 7 nitrogen and oxygen atoms in total. The van der Waals surface area contributed by atoms with Crippen molar-refractivity contribution in [1.29, 1.82) is 0 Å². The molecule has 118 valence electrons. The molecule has 1 heterocycles. The number of anilines is 1. The third-order valence-electron chi connectivity index (χ3n) is 2.84. The number of nitrogens with one attached hydrogen (secondary N) is 1. The van der Waals surface area contributed by atoms with Crippen LogP contribution in [0, 0.1) is 0 Å². The first kappa shape index (κ1) is 16.4. The highest BCUT2D eigenvalue weighted by atomic mass is 79.9. The highest BCUT2D eigenvalue weighted by Crippen LogP contribution is 2.21. The average Bonchev–Trinajstić information content (AvgIpc) is 2.89. The van der Waals surface area contributed by atoms with Gasteiger partial charge in [0, 0.05) is 4.47 Å². The first-order valence-corrected chi connectivity index (χ1v) is 7.74. The molecule has 1 amide bonds. The van der Waals surface area contributed by atoms with Gasteiger partial charge in [0.05, 0.1) is 6.54 Å². The maximum Gasteiger partial charge on any atom is 0.270 e. The molecule has 0 atom stereocenters. The van der Waals surface area contributed by atoms with Gasteiger partial charge in [0.15, 0.2) is 5.60 Å². The van der Waals surface area contributed by atoms with Crippen LogP contribution in [0.4, 0.5) is 5.95 Å². The molecule has 22 heavy (non-hydrogen) atoms. The molecular formula is C14H18BrN5O2. The number of hydrogen-bond acceptors (Lipinski definition) is 5. The van der Waals surface area contributed by atoms with E-state index in [-0.39, 0.29) is 11.9 Å². The van der Waals surface area contributed by atoms with Crippen molar-refractivity contribution in [2.24, 2.45) is 0 Å². The molecule has 2 aromatic rings. The van der Waals surface area contributed by atoms with Gasteiger partial charge in [-0.2, -0.15) is 4.80 Å². The summed E-state index contributed by atoms with van der Waals surface area (Å²) in [6, 6.07) is 7.27. The Bertz CT molecular complexity index is 639. The summed E-state index contributed by atoms with van der Waals surface area (Å²) in [5.41, 5.74) is -1.07. The van der Waals surface area contributed by atoms with Crippen molar-refractivity contribution < 1.29 is 9.53 Å². The fourth-order valence-corrected chi connectivity index (χ4v) is 1.95. The molecule has 8 heteroatoms. The lowest BCUT2D eigenvalue weighted by molar-refractivity contribution is -0.128. The Balaban J connectivity index is 2.01. The van der Waals surface area contributed by atoms with E-state index >= 15 is 0 Å². The van der Waals surface area contributed by atoms with E-state index in [1.165, 1.54) is 4.80 Å². The third-order valence-corrected chi connectivity index (χ3v) is 3.36. The van der Waals surface area contributed by atoms with Crippen molar-refractivity contribution in [3.05, 3.63) is 28.7 Å². The van der Waals surface area contributed by atoms with Crippen molar-refractivity contribution in [3.63, 3.8) is 0 Å². The highest BCUT2D eigenvalue weighted by molar-refractivity contribution is 9.10. The Morgan fingerprint density at radius 3 is 2.68 bits per heavy atom. The van der Waals surface area contributed by atoms with Crippen molar-refractivity contribution >= 4 is 27.8 Å². The lowest BCUT2D eigenvalue weighted by atomic mass is 10.1. The first-order valence-electron chi connectivity index (χ1n) is 6.94. The van der Waals surface area contributed by atoms with E-state index in [1.54, 1.807) is 26.0 Å². The molecule has 1 N–H and O–H groups in total. The first-order chi connectivity index (χ1) is 10.4. The van der Waals surface area contributed by atoms with Crippen LogP contribution in [0.1, 0.15) is 27.2 Å². The zero-order valence-electron chi connectivity index (χ0n) is 12.7. The van der Waals surface area contributed by atoms with Crippen LogP contribution < -0.4 is 10.1 Å². The van der Waals surface area contributed by atoms with Crippen LogP contribution in [-0.2, 0) is 11.3 Å². The van der Waals surface area contributed by atoms with E-state index in [0.717, 1.165) is 10.9 Å². The molecule has 0 spiro atoms. The summed E-state index contributed by atoms with van der Waals surface area (Å²) in [6.07, 6.45) is 0.891. The second-order valence-electron chi connectivity index (χ2n) is 5.23. The van der Waals surface area contributed by atoms with Crippen molar-refractivity contribution in [2.45, 2.75) is 39.3 Å². The molecule has 0 aliphatic rings. The highest BCUT2D eigenvalue weighted by Gasteiger charge is 2.31. The summed E-state index contributed by atoms with van der Waals surface area (Å²) in [6.45, 7) is 6.03. The number of amides is 1.